The number of hydrogen-bond acceptors (Lipinski definition) is 4. The zero-order valence-electron chi connectivity index (χ0n) is 8.90. The lowest BCUT2D eigenvalue weighted by molar-refractivity contribution is -0.125. The summed E-state index contributed by atoms with van der Waals surface area (Å²) in [5.41, 5.74) is 10.7. The van der Waals surface area contributed by atoms with Crippen molar-refractivity contribution < 1.29 is 9.59 Å². The third kappa shape index (κ3) is 3.49. The second-order valence-electron chi connectivity index (χ2n) is 3.93. The van der Waals surface area contributed by atoms with Gasteiger partial charge in [-0.05, 0) is 26.3 Å². The minimum atomic E-state index is -0.812. The normalized spacial score (nSPS) is 24.5. The molecule has 0 aromatic carbocycles. The summed E-state index contributed by atoms with van der Waals surface area (Å²) < 4.78 is 0. The summed E-state index contributed by atoms with van der Waals surface area (Å²) in [6.45, 7) is 3.27. The van der Waals surface area contributed by atoms with Gasteiger partial charge in [0.05, 0.1) is 6.04 Å². The highest BCUT2D eigenvalue weighted by atomic mass is 16.2. The molecular formula is C9H18N4O2. The van der Waals surface area contributed by atoms with Crippen molar-refractivity contribution in [3.05, 3.63) is 0 Å². The van der Waals surface area contributed by atoms with E-state index in [0.717, 1.165) is 19.4 Å². The van der Waals surface area contributed by atoms with Crippen LogP contribution in [0.2, 0.25) is 0 Å². The van der Waals surface area contributed by atoms with Gasteiger partial charge in [-0.2, -0.15) is 0 Å². The topological polar surface area (TPSA) is 101 Å². The average molecular weight is 214 g/mol. The Labute approximate surface area is 89.0 Å². The number of imide groups is 1. The summed E-state index contributed by atoms with van der Waals surface area (Å²) in [5, 5.41) is 2.07. The predicted molar refractivity (Wildman–Crippen MR) is 56.0 cm³/mol. The smallest absolute Gasteiger partial charge is 0.318 e. The number of primary amides is 1. The number of nitrogens with zero attached hydrogens (tertiary/aromatic N) is 1. The number of carbonyl (C=O) groups excluding carboxylic acids is 2. The predicted octanol–water partition coefficient (Wildman–Crippen LogP) is -1.01. The number of rotatable bonds is 2. The van der Waals surface area contributed by atoms with Gasteiger partial charge in [-0.25, -0.2) is 4.79 Å². The molecule has 0 aromatic rings. The SMILES string of the molecule is CC(C(=O)NC(N)=O)N1CCCC(N)C1. The van der Waals surface area contributed by atoms with Gasteiger partial charge in [-0.3, -0.25) is 15.0 Å². The number of amides is 3. The van der Waals surface area contributed by atoms with E-state index < -0.39 is 6.03 Å². The second kappa shape index (κ2) is 5.09. The first-order chi connectivity index (χ1) is 7.00. The van der Waals surface area contributed by atoms with E-state index in [2.05, 4.69) is 5.32 Å². The van der Waals surface area contributed by atoms with Gasteiger partial charge >= 0.3 is 6.03 Å². The van der Waals surface area contributed by atoms with Gasteiger partial charge in [0.1, 0.15) is 0 Å². The van der Waals surface area contributed by atoms with E-state index in [9.17, 15) is 9.59 Å². The van der Waals surface area contributed by atoms with Crippen molar-refractivity contribution in [3.8, 4) is 0 Å². The highest BCUT2D eigenvalue weighted by molar-refractivity contribution is 5.96. The number of likely N-dealkylation sites (tertiary alicyclic amines) is 1. The van der Waals surface area contributed by atoms with E-state index in [-0.39, 0.29) is 18.0 Å². The third-order valence-electron chi connectivity index (χ3n) is 2.66. The molecule has 6 nitrogen and oxygen atoms in total. The van der Waals surface area contributed by atoms with Gasteiger partial charge < -0.3 is 11.5 Å². The zero-order valence-corrected chi connectivity index (χ0v) is 8.90. The monoisotopic (exact) mass is 214 g/mol. The Morgan fingerprint density at radius 3 is 2.73 bits per heavy atom. The number of hydrogen-bond donors (Lipinski definition) is 3. The van der Waals surface area contributed by atoms with Crippen LogP contribution in [0.25, 0.3) is 0 Å². The van der Waals surface area contributed by atoms with Gasteiger partial charge in [0.25, 0.3) is 0 Å². The van der Waals surface area contributed by atoms with Crippen LogP contribution in [0, 0.1) is 0 Å². The molecule has 6 heteroatoms. The van der Waals surface area contributed by atoms with Gasteiger partial charge in [0.15, 0.2) is 0 Å². The summed E-state index contributed by atoms with van der Waals surface area (Å²) in [6.07, 6.45) is 1.97. The molecule has 3 amide bonds. The average Bonchev–Trinajstić information content (AvgIpc) is 2.15. The zero-order chi connectivity index (χ0) is 11.4. The van der Waals surface area contributed by atoms with Crippen LogP contribution in [0.15, 0.2) is 0 Å². The first-order valence-electron chi connectivity index (χ1n) is 5.10. The van der Waals surface area contributed by atoms with E-state index in [1.807, 2.05) is 4.90 Å². The number of nitrogens with two attached hydrogens (primary N) is 2. The first-order valence-corrected chi connectivity index (χ1v) is 5.10. The van der Waals surface area contributed by atoms with Crippen LogP contribution in [-0.4, -0.2) is 42.0 Å². The minimum absolute atomic E-state index is 0.113. The fraction of sp³-hybridized carbons (Fsp3) is 0.778. The van der Waals surface area contributed by atoms with Gasteiger partial charge in [0.2, 0.25) is 5.91 Å². The summed E-state index contributed by atoms with van der Waals surface area (Å²) in [4.78, 5) is 23.9. The molecule has 0 radical (unpaired) electrons. The highest BCUT2D eigenvalue weighted by Gasteiger charge is 2.26. The molecule has 2 atom stereocenters. The van der Waals surface area contributed by atoms with Crippen molar-refractivity contribution in [1.82, 2.24) is 10.2 Å². The van der Waals surface area contributed by atoms with Crippen molar-refractivity contribution in [3.63, 3.8) is 0 Å². The second-order valence-corrected chi connectivity index (χ2v) is 3.93. The number of carbonyl (C=O) groups is 2. The maximum atomic E-state index is 11.5. The molecule has 1 aliphatic rings. The molecule has 0 spiro atoms. The number of nitrogens with one attached hydrogen (secondary N) is 1. The highest BCUT2D eigenvalue weighted by Crippen LogP contribution is 2.11. The molecule has 5 N–H and O–H groups in total. The lowest BCUT2D eigenvalue weighted by atomic mass is 10.0. The summed E-state index contributed by atoms with van der Waals surface area (Å²) >= 11 is 0. The van der Waals surface area contributed by atoms with Crippen LogP contribution < -0.4 is 16.8 Å². The fourth-order valence-electron chi connectivity index (χ4n) is 1.78. The standard InChI is InChI=1S/C9H18N4O2/c1-6(8(14)12-9(11)15)13-4-2-3-7(10)5-13/h6-7H,2-5,10H2,1H3,(H3,11,12,14,15). The van der Waals surface area contributed by atoms with Crippen molar-refractivity contribution in [2.45, 2.75) is 31.8 Å². The Morgan fingerprint density at radius 1 is 1.53 bits per heavy atom. The van der Waals surface area contributed by atoms with Crippen LogP contribution >= 0.6 is 0 Å². The van der Waals surface area contributed by atoms with Gasteiger partial charge in [0, 0.05) is 12.6 Å². The summed E-state index contributed by atoms with van der Waals surface area (Å²) in [5.74, 6) is -0.364. The van der Waals surface area contributed by atoms with Crippen LogP contribution in [0.4, 0.5) is 4.79 Å². The summed E-state index contributed by atoms with van der Waals surface area (Å²) in [6, 6.07) is -1.06. The van der Waals surface area contributed by atoms with E-state index in [1.54, 1.807) is 6.92 Å². The minimum Gasteiger partial charge on any atom is -0.351 e. The molecule has 0 aliphatic carbocycles. The van der Waals surface area contributed by atoms with Crippen LogP contribution in [0.5, 0.6) is 0 Å². The molecular weight excluding hydrogens is 196 g/mol. The van der Waals surface area contributed by atoms with E-state index in [1.165, 1.54) is 0 Å². The Hall–Kier alpha value is -1.14. The number of urea groups is 1. The molecule has 1 fully saturated rings. The van der Waals surface area contributed by atoms with Crippen molar-refractivity contribution in [2.24, 2.45) is 11.5 Å². The van der Waals surface area contributed by atoms with Crippen molar-refractivity contribution in [1.29, 1.82) is 0 Å². The Bertz CT molecular complexity index is 256. The lowest BCUT2D eigenvalue weighted by Gasteiger charge is -2.34. The van der Waals surface area contributed by atoms with Crippen LogP contribution in [0.3, 0.4) is 0 Å². The molecule has 0 bridgehead atoms. The van der Waals surface area contributed by atoms with E-state index in [0.29, 0.717) is 6.54 Å². The van der Waals surface area contributed by atoms with Crippen LogP contribution in [-0.2, 0) is 4.79 Å². The Morgan fingerprint density at radius 2 is 2.20 bits per heavy atom. The molecule has 2 unspecified atom stereocenters. The molecule has 1 rings (SSSR count). The van der Waals surface area contributed by atoms with Crippen molar-refractivity contribution in [2.75, 3.05) is 13.1 Å². The van der Waals surface area contributed by atoms with E-state index >= 15 is 0 Å². The van der Waals surface area contributed by atoms with Crippen LogP contribution in [0.1, 0.15) is 19.8 Å². The quantitative estimate of drug-likeness (QED) is 0.548. The molecule has 86 valence electrons. The largest absolute Gasteiger partial charge is 0.351 e. The van der Waals surface area contributed by atoms with Gasteiger partial charge in [-0.1, -0.05) is 0 Å². The lowest BCUT2D eigenvalue weighted by Crippen LogP contribution is -2.53. The number of piperidine rings is 1. The third-order valence-corrected chi connectivity index (χ3v) is 2.66. The summed E-state index contributed by atoms with van der Waals surface area (Å²) in [7, 11) is 0. The fourth-order valence-corrected chi connectivity index (χ4v) is 1.78. The van der Waals surface area contributed by atoms with Crippen molar-refractivity contribution >= 4 is 11.9 Å². The maximum absolute atomic E-state index is 11.5. The Balaban J connectivity index is 2.47. The molecule has 0 aromatic heterocycles. The molecule has 1 aliphatic heterocycles. The molecule has 15 heavy (non-hydrogen) atoms. The first kappa shape index (κ1) is 11.9. The molecule has 1 saturated heterocycles. The Kier molecular flexibility index (Phi) is 4.05. The molecule has 0 saturated carbocycles. The molecule has 1 heterocycles. The van der Waals surface area contributed by atoms with Gasteiger partial charge in [-0.15, -0.1) is 0 Å². The maximum Gasteiger partial charge on any atom is 0.318 e. The van der Waals surface area contributed by atoms with E-state index in [4.69, 9.17) is 11.5 Å².